The van der Waals surface area contributed by atoms with Gasteiger partial charge < -0.3 is 9.47 Å². The first kappa shape index (κ1) is 22.2. The average Bonchev–Trinajstić information content (AvgIpc) is 2.68. The highest BCUT2D eigenvalue weighted by molar-refractivity contribution is 6.19. The van der Waals surface area contributed by atoms with Crippen LogP contribution in [0.3, 0.4) is 0 Å². The first-order valence-electron chi connectivity index (χ1n) is 9.92. The zero-order valence-electron chi connectivity index (χ0n) is 17.7. The van der Waals surface area contributed by atoms with Crippen LogP contribution in [-0.4, -0.2) is 36.5 Å². The van der Waals surface area contributed by atoms with Gasteiger partial charge in [0.2, 0.25) is 0 Å². The fourth-order valence-electron chi connectivity index (χ4n) is 3.04. The number of hydrogen-bond acceptors (Lipinski definition) is 5. The molecule has 1 aromatic carbocycles. The van der Waals surface area contributed by atoms with Gasteiger partial charge in [-0.2, -0.15) is 5.26 Å². The summed E-state index contributed by atoms with van der Waals surface area (Å²) in [6.45, 7) is 10.7. The summed E-state index contributed by atoms with van der Waals surface area (Å²) in [5, 5.41) is 9.46. The summed E-state index contributed by atoms with van der Waals surface area (Å²) in [5.41, 5.74) is 1.47. The predicted octanol–water partition coefficient (Wildman–Crippen LogP) is 4.12. The summed E-state index contributed by atoms with van der Waals surface area (Å²) < 4.78 is 11.4. The molecule has 0 spiro atoms. The molecule has 6 nitrogen and oxygen atoms in total. The topological polar surface area (TPSA) is 79.6 Å². The third-order valence-electron chi connectivity index (χ3n) is 4.41. The van der Waals surface area contributed by atoms with Crippen LogP contribution in [0.25, 0.3) is 6.08 Å². The molecule has 1 heterocycles. The van der Waals surface area contributed by atoms with Gasteiger partial charge in [-0.3, -0.25) is 14.5 Å². The lowest BCUT2D eigenvalue weighted by atomic mass is 9.93. The average molecular weight is 396 g/mol. The van der Waals surface area contributed by atoms with E-state index in [0.29, 0.717) is 35.9 Å². The van der Waals surface area contributed by atoms with Crippen molar-refractivity contribution < 1.29 is 19.1 Å². The van der Waals surface area contributed by atoms with Crippen molar-refractivity contribution in [1.82, 2.24) is 4.90 Å². The van der Waals surface area contributed by atoms with E-state index in [1.807, 2.05) is 45.9 Å². The summed E-state index contributed by atoms with van der Waals surface area (Å²) in [4.78, 5) is 26.7. The fraction of sp³-hybridized carbons (Fsp3) is 0.435. The molecule has 0 saturated carbocycles. The van der Waals surface area contributed by atoms with Crippen LogP contribution in [0, 0.1) is 17.2 Å². The second-order valence-electron chi connectivity index (χ2n) is 7.27. The molecule has 0 aliphatic carbocycles. The van der Waals surface area contributed by atoms with Crippen molar-refractivity contribution >= 4 is 17.9 Å². The molecule has 1 aliphatic rings. The Labute approximate surface area is 172 Å². The van der Waals surface area contributed by atoms with E-state index in [1.54, 1.807) is 19.1 Å². The van der Waals surface area contributed by atoms with E-state index in [1.165, 1.54) is 0 Å². The van der Waals surface area contributed by atoms with Crippen LogP contribution in [0.5, 0.6) is 11.5 Å². The van der Waals surface area contributed by atoms with Gasteiger partial charge in [0, 0.05) is 12.1 Å². The van der Waals surface area contributed by atoms with Gasteiger partial charge in [-0.15, -0.1) is 0 Å². The van der Waals surface area contributed by atoms with Crippen LogP contribution in [0.4, 0.5) is 0 Å². The number of rotatable bonds is 8. The van der Waals surface area contributed by atoms with Gasteiger partial charge in [0.1, 0.15) is 11.6 Å². The van der Waals surface area contributed by atoms with Gasteiger partial charge in [-0.05, 0) is 55.5 Å². The molecule has 0 fully saturated rings. The van der Waals surface area contributed by atoms with E-state index in [0.717, 1.165) is 16.9 Å². The maximum Gasteiger partial charge on any atom is 0.271 e. The zero-order chi connectivity index (χ0) is 21.6. The number of carbonyl (C=O) groups is 2. The second-order valence-corrected chi connectivity index (χ2v) is 7.27. The molecule has 0 bridgehead atoms. The van der Waals surface area contributed by atoms with Crippen LogP contribution in [0.15, 0.2) is 34.9 Å². The standard InChI is InChI=1S/C23H28N2O4/c1-6-10-29-20-9-8-17(12-21(20)28-7-2)11-18-16(5)19(13-24)23(27)25(22(18)26)14-15(3)4/h8-9,11-12,15H,6-7,10,14H2,1-5H3/b18-11+. The van der Waals surface area contributed by atoms with Crippen LogP contribution in [0.2, 0.25) is 0 Å². The van der Waals surface area contributed by atoms with Crippen LogP contribution >= 0.6 is 0 Å². The lowest BCUT2D eigenvalue weighted by Gasteiger charge is -2.28. The number of hydrogen-bond donors (Lipinski definition) is 0. The van der Waals surface area contributed by atoms with Gasteiger partial charge in [0.05, 0.1) is 13.2 Å². The Bertz CT molecular complexity index is 891. The first-order chi connectivity index (χ1) is 13.8. The van der Waals surface area contributed by atoms with Gasteiger partial charge in [-0.1, -0.05) is 26.8 Å². The van der Waals surface area contributed by atoms with Gasteiger partial charge in [0.15, 0.2) is 11.5 Å². The number of nitriles is 1. The van der Waals surface area contributed by atoms with Crippen LogP contribution in [-0.2, 0) is 9.59 Å². The SMILES string of the molecule is CCCOc1ccc(/C=C2/C(=O)N(CC(C)C)C(=O)C(C#N)=C2C)cc1OCC. The number of amides is 2. The molecule has 0 aromatic heterocycles. The second kappa shape index (κ2) is 9.92. The maximum absolute atomic E-state index is 13.0. The van der Waals surface area contributed by atoms with Crippen molar-refractivity contribution in [3.05, 3.63) is 40.5 Å². The zero-order valence-corrected chi connectivity index (χ0v) is 17.7. The molecule has 0 saturated heterocycles. The fourth-order valence-corrected chi connectivity index (χ4v) is 3.04. The predicted molar refractivity (Wildman–Crippen MR) is 111 cm³/mol. The smallest absolute Gasteiger partial charge is 0.271 e. The highest BCUT2D eigenvalue weighted by Crippen LogP contribution is 2.32. The summed E-state index contributed by atoms with van der Waals surface area (Å²) in [5.74, 6) is 0.425. The molecule has 1 aliphatic heterocycles. The largest absolute Gasteiger partial charge is 0.490 e. The number of imide groups is 1. The maximum atomic E-state index is 13.0. The highest BCUT2D eigenvalue weighted by Gasteiger charge is 2.35. The molecule has 0 N–H and O–H groups in total. The van der Waals surface area contributed by atoms with Crippen molar-refractivity contribution in [3.8, 4) is 17.6 Å². The Morgan fingerprint density at radius 3 is 2.45 bits per heavy atom. The van der Waals surface area contributed by atoms with Crippen molar-refractivity contribution in [2.45, 2.75) is 41.0 Å². The van der Waals surface area contributed by atoms with E-state index < -0.39 is 5.91 Å². The third kappa shape index (κ3) is 5.05. The van der Waals surface area contributed by atoms with Gasteiger partial charge in [0.25, 0.3) is 11.8 Å². The Morgan fingerprint density at radius 1 is 1.14 bits per heavy atom. The molecule has 0 radical (unpaired) electrons. The minimum atomic E-state index is -0.529. The number of benzene rings is 1. The third-order valence-corrected chi connectivity index (χ3v) is 4.41. The summed E-state index contributed by atoms with van der Waals surface area (Å²) in [6, 6.07) is 7.40. The van der Waals surface area contributed by atoms with E-state index in [4.69, 9.17) is 9.47 Å². The molecule has 154 valence electrons. The molecular formula is C23H28N2O4. The molecule has 2 rings (SSSR count). The Balaban J connectivity index is 2.51. The molecular weight excluding hydrogens is 368 g/mol. The summed E-state index contributed by atoms with van der Waals surface area (Å²) in [7, 11) is 0. The van der Waals surface area contributed by atoms with E-state index >= 15 is 0 Å². The Hall–Kier alpha value is -3.07. The Morgan fingerprint density at radius 2 is 1.86 bits per heavy atom. The molecule has 2 amide bonds. The number of nitrogens with zero attached hydrogens (tertiary/aromatic N) is 2. The van der Waals surface area contributed by atoms with Gasteiger partial charge in [-0.25, -0.2) is 0 Å². The minimum Gasteiger partial charge on any atom is -0.490 e. The van der Waals surface area contributed by atoms with Crippen molar-refractivity contribution in [1.29, 1.82) is 5.26 Å². The highest BCUT2D eigenvalue weighted by atomic mass is 16.5. The van der Waals surface area contributed by atoms with Crippen LogP contribution < -0.4 is 9.47 Å². The van der Waals surface area contributed by atoms with E-state index in [9.17, 15) is 14.9 Å². The summed E-state index contributed by atoms with van der Waals surface area (Å²) >= 11 is 0. The lowest BCUT2D eigenvalue weighted by Crippen LogP contribution is -2.44. The Kier molecular flexibility index (Phi) is 7.60. The van der Waals surface area contributed by atoms with Crippen molar-refractivity contribution in [2.75, 3.05) is 19.8 Å². The quantitative estimate of drug-likeness (QED) is 0.488. The van der Waals surface area contributed by atoms with Gasteiger partial charge >= 0.3 is 0 Å². The molecule has 29 heavy (non-hydrogen) atoms. The van der Waals surface area contributed by atoms with Crippen molar-refractivity contribution in [3.63, 3.8) is 0 Å². The van der Waals surface area contributed by atoms with E-state index in [-0.39, 0.29) is 23.9 Å². The first-order valence-corrected chi connectivity index (χ1v) is 9.92. The monoisotopic (exact) mass is 396 g/mol. The van der Waals surface area contributed by atoms with Crippen molar-refractivity contribution in [2.24, 2.45) is 5.92 Å². The van der Waals surface area contributed by atoms with E-state index in [2.05, 4.69) is 0 Å². The molecule has 0 atom stereocenters. The molecule has 1 aromatic rings. The normalized spacial score (nSPS) is 15.9. The lowest BCUT2D eigenvalue weighted by molar-refractivity contribution is -0.141. The number of ether oxygens (including phenoxy) is 2. The summed E-state index contributed by atoms with van der Waals surface area (Å²) in [6.07, 6.45) is 2.58. The molecule has 6 heteroatoms. The molecule has 0 unspecified atom stereocenters. The van der Waals surface area contributed by atoms with Crippen LogP contribution in [0.1, 0.15) is 46.6 Å². The minimum absolute atomic E-state index is 0.00410. The number of carbonyl (C=O) groups excluding carboxylic acids is 2.